The van der Waals surface area contributed by atoms with E-state index in [9.17, 15) is 44.3 Å². The molecule has 3 N–H and O–H groups in total. The Morgan fingerprint density at radius 2 is 1.41 bits per heavy atom. The van der Waals surface area contributed by atoms with Crippen molar-refractivity contribution in [2.45, 2.75) is 43.6 Å². The number of carbonyl (C=O) groups excluding carboxylic acids is 2. The van der Waals surface area contributed by atoms with Gasteiger partial charge in [0.15, 0.2) is 0 Å². The summed E-state index contributed by atoms with van der Waals surface area (Å²) in [6.07, 6.45) is -9.02. The Balaban J connectivity index is 3.30. The fourth-order valence-electron chi connectivity index (χ4n) is 2.17. The zero-order chi connectivity index (χ0) is 24.9. The Bertz CT molecular complexity index is 901. The monoisotopic (exact) mass is 509 g/mol. The van der Waals surface area contributed by atoms with Gasteiger partial charge in [0.1, 0.15) is 6.04 Å². The minimum Gasteiger partial charge on any atom is -0.273 e. The third kappa shape index (κ3) is 8.16. The number of nitrogens with one attached hydrogen (secondary N) is 3. The average molecular weight is 509 g/mol. The predicted octanol–water partition coefficient (Wildman–Crippen LogP) is 2.93. The molecule has 0 radical (unpaired) electrons. The molecule has 0 aromatic heterocycles. The van der Waals surface area contributed by atoms with Crippen LogP contribution in [-0.4, -0.2) is 38.3 Å². The van der Waals surface area contributed by atoms with Gasteiger partial charge >= 0.3 is 12.4 Å². The molecule has 1 aromatic carbocycles. The van der Waals surface area contributed by atoms with Crippen LogP contribution in [0.15, 0.2) is 23.1 Å². The molecule has 15 heteroatoms. The molecule has 1 aromatic rings. The molecule has 2 amide bonds. The van der Waals surface area contributed by atoms with Crippen molar-refractivity contribution in [1.82, 2.24) is 15.6 Å². The van der Waals surface area contributed by atoms with Gasteiger partial charge in [0.05, 0.1) is 16.0 Å². The maximum absolute atomic E-state index is 13.0. The maximum atomic E-state index is 13.0. The van der Waals surface area contributed by atoms with Crippen LogP contribution in [0.3, 0.4) is 0 Å². The van der Waals surface area contributed by atoms with Gasteiger partial charge in [-0.3, -0.25) is 20.4 Å². The number of benzene rings is 1. The van der Waals surface area contributed by atoms with Gasteiger partial charge in [0, 0.05) is 5.92 Å². The maximum Gasteiger partial charge on any atom is 0.416 e. The molecule has 32 heavy (non-hydrogen) atoms. The normalized spacial score (nSPS) is 13.7. The highest BCUT2D eigenvalue weighted by atomic mass is 32.2. The molecule has 0 aliphatic rings. The molecule has 0 aliphatic heterocycles. The van der Waals surface area contributed by atoms with E-state index in [4.69, 9.17) is 0 Å². The number of thioether (sulfide) groups is 1. The van der Waals surface area contributed by atoms with E-state index in [0.717, 1.165) is 0 Å². The predicted molar refractivity (Wildman–Crippen MR) is 105 cm³/mol. The van der Waals surface area contributed by atoms with Crippen molar-refractivity contribution < 1.29 is 44.3 Å². The smallest absolute Gasteiger partial charge is 0.273 e. The molecule has 0 saturated heterocycles. The quantitative estimate of drug-likeness (QED) is 0.369. The second kappa shape index (κ2) is 10.7. The first-order valence-corrected chi connectivity index (χ1v) is 11.8. The SMILES string of the molecule is CSCC[C@@H](NS(=O)(=O)c1cc(C(F)(F)F)cc(C(F)(F)F)c1)C(=O)NNC(=O)C(C)C. The highest BCUT2D eigenvalue weighted by Gasteiger charge is 2.38. The third-order valence-electron chi connectivity index (χ3n) is 3.93. The van der Waals surface area contributed by atoms with Crippen molar-refractivity contribution in [3.05, 3.63) is 29.3 Å². The Kier molecular flexibility index (Phi) is 9.41. The summed E-state index contributed by atoms with van der Waals surface area (Å²) < 4.78 is 105. The molecule has 1 atom stereocenters. The van der Waals surface area contributed by atoms with Crippen LogP contribution in [0, 0.1) is 5.92 Å². The van der Waals surface area contributed by atoms with Crippen LogP contribution in [0.2, 0.25) is 0 Å². The van der Waals surface area contributed by atoms with Crippen LogP contribution in [0.4, 0.5) is 26.3 Å². The zero-order valence-electron chi connectivity index (χ0n) is 17.0. The second-order valence-electron chi connectivity index (χ2n) is 6.83. The van der Waals surface area contributed by atoms with Gasteiger partial charge < -0.3 is 0 Å². The molecule has 0 fully saturated rings. The summed E-state index contributed by atoms with van der Waals surface area (Å²) in [7, 11) is -4.99. The minimum absolute atomic E-state index is 0.0433. The summed E-state index contributed by atoms with van der Waals surface area (Å²) in [6, 6.07) is -1.70. The van der Waals surface area contributed by atoms with Crippen LogP contribution < -0.4 is 15.6 Å². The molecule has 0 unspecified atom stereocenters. The average Bonchev–Trinajstić information content (AvgIpc) is 2.67. The Hall–Kier alpha value is -2.00. The number of alkyl halides is 6. The van der Waals surface area contributed by atoms with Gasteiger partial charge in [-0.2, -0.15) is 42.8 Å². The molecular weight excluding hydrogens is 488 g/mol. The molecule has 7 nitrogen and oxygen atoms in total. The lowest BCUT2D eigenvalue weighted by molar-refractivity contribution is -0.143. The topological polar surface area (TPSA) is 104 Å². The van der Waals surface area contributed by atoms with E-state index in [1.54, 1.807) is 6.26 Å². The lowest BCUT2D eigenvalue weighted by Crippen LogP contribution is -2.53. The second-order valence-corrected chi connectivity index (χ2v) is 9.53. The minimum atomic E-state index is -5.25. The Morgan fingerprint density at radius 1 is 0.938 bits per heavy atom. The standard InChI is InChI=1S/C17H21F6N3O4S2/c1-9(2)14(27)24-25-15(28)13(4-5-31-3)26-32(29,30)12-7-10(16(18,19)20)6-11(8-12)17(21,22)23/h6-9,13,26H,4-5H2,1-3H3,(H,24,27)(H,25,28)/t13-/m1/s1. The Morgan fingerprint density at radius 3 is 1.81 bits per heavy atom. The lowest BCUT2D eigenvalue weighted by Gasteiger charge is -2.20. The number of rotatable bonds is 8. The number of hydrogen-bond donors (Lipinski definition) is 3. The van der Waals surface area contributed by atoms with Crippen LogP contribution in [0.25, 0.3) is 0 Å². The largest absolute Gasteiger partial charge is 0.416 e. The van der Waals surface area contributed by atoms with Crippen LogP contribution in [0.1, 0.15) is 31.4 Å². The van der Waals surface area contributed by atoms with Crippen LogP contribution in [-0.2, 0) is 32.0 Å². The van der Waals surface area contributed by atoms with Crippen molar-refractivity contribution >= 4 is 33.6 Å². The first kappa shape index (κ1) is 28.0. The van der Waals surface area contributed by atoms with E-state index >= 15 is 0 Å². The fraction of sp³-hybridized carbons (Fsp3) is 0.529. The van der Waals surface area contributed by atoms with Gasteiger partial charge in [-0.1, -0.05) is 13.8 Å². The lowest BCUT2D eigenvalue weighted by atomic mass is 10.1. The first-order valence-electron chi connectivity index (χ1n) is 8.89. The summed E-state index contributed by atoms with van der Waals surface area (Å²) in [5.41, 5.74) is 0.393. The van der Waals surface area contributed by atoms with Gasteiger partial charge in [0.2, 0.25) is 15.9 Å². The van der Waals surface area contributed by atoms with Gasteiger partial charge in [-0.05, 0) is 36.6 Å². The molecule has 1 rings (SSSR count). The van der Waals surface area contributed by atoms with Gasteiger partial charge in [-0.25, -0.2) is 8.42 Å². The summed E-state index contributed by atoms with van der Waals surface area (Å²) in [4.78, 5) is 22.6. The highest BCUT2D eigenvalue weighted by molar-refractivity contribution is 7.98. The van der Waals surface area contributed by atoms with Crippen molar-refractivity contribution in [1.29, 1.82) is 0 Å². The summed E-state index contributed by atoms with van der Waals surface area (Å²) in [6.45, 7) is 3.03. The van der Waals surface area contributed by atoms with Crippen LogP contribution >= 0.6 is 11.8 Å². The van der Waals surface area contributed by atoms with E-state index < -0.39 is 62.2 Å². The van der Waals surface area contributed by atoms with E-state index in [1.807, 2.05) is 15.6 Å². The number of hydrogen-bond acceptors (Lipinski definition) is 5. The molecular formula is C17H21F6N3O4S2. The van der Waals surface area contributed by atoms with Crippen molar-refractivity contribution in [2.75, 3.05) is 12.0 Å². The van der Waals surface area contributed by atoms with E-state index in [0.29, 0.717) is 0 Å². The summed E-state index contributed by atoms with van der Waals surface area (Å²) >= 11 is 1.21. The van der Waals surface area contributed by atoms with Crippen LogP contribution in [0.5, 0.6) is 0 Å². The van der Waals surface area contributed by atoms with E-state index in [-0.39, 0.29) is 30.4 Å². The summed E-state index contributed by atoms with van der Waals surface area (Å²) in [5, 5.41) is 0. The van der Waals surface area contributed by atoms with Gasteiger partial charge in [0.25, 0.3) is 5.91 Å². The number of hydrazine groups is 1. The number of carbonyl (C=O) groups is 2. The molecule has 0 heterocycles. The third-order valence-corrected chi connectivity index (χ3v) is 6.02. The van der Waals surface area contributed by atoms with Crippen molar-refractivity contribution in [2.24, 2.45) is 5.92 Å². The number of halogens is 6. The van der Waals surface area contributed by atoms with Gasteiger partial charge in [-0.15, -0.1) is 0 Å². The molecule has 0 spiro atoms. The molecule has 0 bridgehead atoms. The van der Waals surface area contributed by atoms with Crippen molar-refractivity contribution in [3.8, 4) is 0 Å². The number of sulfonamides is 1. The van der Waals surface area contributed by atoms with Crippen molar-refractivity contribution in [3.63, 3.8) is 0 Å². The number of amides is 2. The van der Waals surface area contributed by atoms with E-state index in [2.05, 4.69) is 0 Å². The zero-order valence-corrected chi connectivity index (χ0v) is 18.7. The fourth-order valence-corrected chi connectivity index (χ4v) is 3.94. The Labute approximate surface area is 184 Å². The molecule has 182 valence electrons. The molecule has 0 saturated carbocycles. The summed E-state index contributed by atoms with van der Waals surface area (Å²) in [5.74, 6) is -1.95. The first-order chi connectivity index (χ1) is 14.5. The molecule has 0 aliphatic carbocycles. The highest BCUT2D eigenvalue weighted by Crippen LogP contribution is 2.37. The van der Waals surface area contributed by atoms with E-state index in [1.165, 1.54) is 25.6 Å².